The van der Waals surface area contributed by atoms with Crippen LogP contribution in [0.1, 0.15) is 34.6 Å². The van der Waals surface area contributed by atoms with Crippen LogP contribution < -0.4 is 5.32 Å². The summed E-state index contributed by atoms with van der Waals surface area (Å²) in [7, 11) is -2.92. The lowest BCUT2D eigenvalue weighted by Crippen LogP contribution is -2.32. The molecule has 0 radical (unpaired) electrons. The number of aromatic nitrogens is 1. The van der Waals surface area contributed by atoms with Gasteiger partial charge in [-0.1, -0.05) is 0 Å². The van der Waals surface area contributed by atoms with E-state index in [4.69, 9.17) is 0 Å². The lowest BCUT2D eigenvalue weighted by Gasteiger charge is -2.25. The van der Waals surface area contributed by atoms with Crippen LogP contribution in [0.25, 0.3) is 0 Å². The van der Waals surface area contributed by atoms with Gasteiger partial charge in [-0.15, -0.1) is 0 Å². The highest BCUT2D eigenvalue weighted by Gasteiger charge is 2.25. The third kappa shape index (κ3) is 3.27. The Kier molecular flexibility index (Phi) is 3.99. The van der Waals surface area contributed by atoms with Crippen molar-refractivity contribution >= 4 is 21.5 Å². The fourth-order valence-corrected chi connectivity index (χ4v) is 3.96. The molecule has 0 aromatic carbocycles. The zero-order valence-electron chi connectivity index (χ0n) is 11.5. The number of aromatic carboxylic acids is 1. The van der Waals surface area contributed by atoms with Crippen molar-refractivity contribution in [3.8, 4) is 0 Å². The van der Waals surface area contributed by atoms with Crippen LogP contribution in [0.5, 0.6) is 0 Å². The molecule has 2 N–H and O–H groups in total. The van der Waals surface area contributed by atoms with E-state index in [9.17, 15) is 18.3 Å². The quantitative estimate of drug-likeness (QED) is 0.875. The molecule has 0 atom stereocenters. The molecule has 1 aliphatic heterocycles. The van der Waals surface area contributed by atoms with Gasteiger partial charge in [-0.3, -0.25) is 4.98 Å². The van der Waals surface area contributed by atoms with Crippen LogP contribution >= 0.6 is 0 Å². The van der Waals surface area contributed by atoms with Crippen molar-refractivity contribution in [2.75, 3.05) is 16.8 Å². The van der Waals surface area contributed by atoms with E-state index in [2.05, 4.69) is 10.3 Å². The van der Waals surface area contributed by atoms with Gasteiger partial charge in [0.2, 0.25) is 0 Å². The zero-order chi connectivity index (χ0) is 14.9. The Morgan fingerprint density at radius 3 is 2.50 bits per heavy atom. The molecule has 0 bridgehead atoms. The van der Waals surface area contributed by atoms with Crippen LogP contribution in [-0.4, -0.2) is 42.0 Å². The summed E-state index contributed by atoms with van der Waals surface area (Å²) >= 11 is 0. The Morgan fingerprint density at radius 2 is 1.95 bits per heavy atom. The number of nitrogens with zero attached hydrogens (tertiary/aromatic N) is 1. The van der Waals surface area contributed by atoms with Crippen molar-refractivity contribution < 1.29 is 18.3 Å². The first-order chi connectivity index (χ1) is 9.28. The van der Waals surface area contributed by atoms with Crippen LogP contribution in [0.3, 0.4) is 0 Å². The molecule has 0 spiro atoms. The maximum absolute atomic E-state index is 11.4. The fraction of sp³-hybridized carbons (Fsp3) is 0.538. The van der Waals surface area contributed by atoms with Gasteiger partial charge in [0, 0.05) is 11.7 Å². The number of hydrogen-bond donors (Lipinski definition) is 2. The van der Waals surface area contributed by atoms with E-state index in [0.29, 0.717) is 24.2 Å². The third-order valence-electron chi connectivity index (χ3n) is 3.46. The molecule has 0 unspecified atom stereocenters. The first kappa shape index (κ1) is 14.8. The number of rotatable bonds is 3. The molecule has 1 aromatic rings. The van der Waals surface area contributed by atoms with E-state index in [0.717, 1.165) is 5.69 Å². The van der Waals surface area contributed by atoms with Crippen molar-refractivity contribution in [2.45, 2.75) is 32.7 Å². The molecule has 7 heteroatoms. The average Bonchev–Trinajstić information content (AvgIpc) is 2.30. The van der Waals surface area contributed by atoms with E-state index >= 15 is 0 Å². The first-order valence-electron chi connectivity index (χ1n) is 6.47. The Hall–Kier alpha value is -1.63. The molecule has 0 amide bonds. The number of hydrogen-bond acceptors (Lipinski definition) is 5. The topological polar surface area (TPSA) is 96.4 Å². The van der Waals surface area contributed by atoms with Gasteiger partial charge in [0.05, 0.1) is 22.9 Å². The molecule has 1 aromatic heterocycles. The monoisotopic (exact) mass is 298 g/mol. The second kappa shape index (κ2) is 5.40. The van der Waals surface area contributed by atoms with E-state index < -0.39 is 15.8 Å². The van der Waals surface area contributed by atoms with Crippen molar-refractivity contribution in [1.82, 2.24) is 4.98 Å². The molecule has 110 valence electrons. The van der Waals surface area contributed by atoms with Crippen LogP contribution in [0.4, 0.5) is 5.69 Å². The molecule has 6 nitrogen and oxygen atoms in total. The number of carboxylic acids is 1. The molecular weight excluding hydrogens is 280 g/mol. The number of anilines is 1. The maximum atomic E-state index is 11.4. The number of pyridine rings is 1. The number of carbonyl (C=O) groups is 1. The molecule has 1 fully saturated rings. The minimum atomic E-state index is -2.92. The zero-order valence-corrected chi connectivity index (χ0v) is 12.3. The number of nitrogens with one attached hydrogen (secondary N) is 1. The number of aryl methyl sites for hydroxylation is 2. The van der Waals surface area contributed by atoms with Gasteiger partial charge in [0.25, 0.3) is 0 Å². The molecule has 0 saturated carbocycles. The summed E-state index contributed by atoms with van der Waals surface area (Å²) in [5, 5.41) is 12.4. The Balaban J connectivity index is 2.23. The maximum Gasteiger partial charge on any atom is 0.339 e. The number of carboxylic acid groups (broad SMARTS) is 1. The molecule has 1 aliphatic rings. The lowest BCUT2D eigenvalue weighted by molar-refractivity contribution is 0.0696. The predicted molar refractivity (Wildman–Crippen MR) is 76.0 cm³/mol. The van der Waals surface area contributed by atoms with Gasteiger partial charge in [-0.25, -0.2) is 13.2 Å². The molecule has 1 saturated heterocycles. The molecule has 2 heterocycles. The van der Waals surface area contributed by atoms with Gasteiger partial charge >= 0.3 is 5.97 Å². The summed E-state index contributed by atoms with van der Waals surface area (Å²) < 4.78 is 22.8. The third-order valence-corrected chi connectivity index (χ3v) is 5.17. The number of sulfone groups is 1. The average molecular weight is 298 g/mol. The molecular formula is C13H18N2O4S. The minimum absolute atomic E-state index is 0.0159. The second-order valence-corrected chi connectivity index (χ2v) is 7.45. The molecule has 2 rings (SSSR count). The fourth-order valence-electron chi connectivity index (χ4n) is 2.47. The first-order valence-corrected chi connectivity index (χ1v) is 8.29. The van der Waals surface area contributed by atoms with Crippen molar-refractivity contribution in [1.29, 1.82) is 0 Å². The van der Waals surface area contributed by atoms with E-state index in [-0.39, 0.29) is 23.1 Å². The SMILES string of the molecule is Cc1cc(NC2CCS(=O)(=O)CC2)c(C(=O)O)c(C)n1. The van der Waals surface area contributed by atoms with Crippen LogP contribution in [0.15, 0.2) is 6.07 Å². The van der Waals surface area contributed by atoms with E-state index in [1.807, 2.05) is 0 Å². The largest absolute Gasteiger partial charge is 0.478 e. The van der Waals surface area contributed by atoms with E-state index in [1.165, 1.54) is 0 Å². The lowest BCUT2D eigenvalue weighted by atomic mass is 10.1. The standard InChI is InChI=1S/C13H18N2O4S/c1-8-7-11(12(13(16)17)9(2)14-8)15-10-3-5-20(18,19)6-4-10/h7,10H,3-6H2,1-2H3,(H,14,15)(H,16,17). The van der Waals surface area contributed by atoms with Gasteiger partial charge in [0.15, 0.2) is 0 Å². The van der Waals surface area contributed by atoms with Crippen molar-refractivity contribution in [2.24, 2.45) is 0 Å². The second-order valence-electron chi connectivity index (χ2n) is 5.15. The van der Waals surface area contributed by atoms with Gasteiger partial charge in [-0.05, 0) is 32.8 Å². The van der Waals surface area contributed by atoms with Crippen molar-refractivity contribution in [3.05, 3.63) is 23.0 Å². The van der Waals surface area contributed by atoms with Gasteiger partial charge in [-0.2, -0.15) is 0 Å². The van der Waals surface area contributed by atoms with E-state index in [1.54, 1.807) is 19.9 Å². The van der Waals surface area contributed by atoms with Crippen LogP contribution in [-0.2, 0) is 9.84 Å². The van der Waals surface area contributed by atoms with Crippen molar-refractivity contribution in [3.63, 3.8) is 0 Å². The highest BCUT2D eigenvalue weighted by molar-refractivity contribution is 7.91. The van der Waals surface area contributed by atoms with Gasteiger partial charge in [0.1, 0.15) is 15.4 Å². The Labute approximate surface area is 118 Å². The summed E-state index contributed by atoms with van der Waals surface area (Å²) in [5.41, 5.74) is 1.87. The molecule has 0 aliphatic carbocycles. The highest BCUT2D eigenvalue weighted by Crippen LogP contribution is 2.23. The minimum Gasteiger partial charge on any atom is -0.478 e. The Bertz CT molecular complexity index is 626. The summed E-state index contributed by atoms with van der Waals surface area (Å²) in [5.74, 6) is -0.729. The normalized spacial score (nSPS) is 18.7. The summed E-state index contributed by atoms with van der Waals surface area (Å²) in [4.78, 5) is 15.5. The summed E-state index contributed by atoms with van der Waals surface area (Å²) in [6.07, 6.45) is 1.00. The molecule has 20 heavy (non-hydrogen) atoms. The van der Waals surface area contributed by atoms with Crippen LogP contribution in [0.2, 0.25) is 0 Å². The predicted octanol–water partition coefficient (Wildman–Crippen LogP) is 1.39. The summed E-state index contributed by atoms with van der Waals surface area (Å²) in [6.45, 7) is 3.46. The summed E-state index contributed by atoms with van der Waals surface area (Å²) in [6, 6.07) is 1.68. The van der Waals surface area contributed by atoms with Crippen LogP contribution in [0, 0.1) is 13.8 Å². The smallest absolute Gasteiger partial charge is 0.339 e. The Morgan fingerprint density at radius 1 is 1.35 bits per heavy atom. The van der Waals surface area contributed by atoms with Gasteiger partial charge < -0.3 is 10.4 Å². The highest BCUT2D eigenvalue weighted by atomic mass is 32.2.